The summed E-state index contributed by atoms with van der Waals surface area (Å²) >= 11 is 1.56. The van der Waals surface area contributed by atoms with Gasteiger partial charge in [-0.25, -0.2) is 5.43 Å². The van der Waals surface area contributed by atoms with Crippen molar-refractivity contribution in [1.82, 2.24) is 15.2 Å². The number of hydrazone groups is 1. The number of H-pyrrole nitrogens is 1. The number of aromatic nitrogens is 3. The van der Waals surface area contributed by atoms with Crippen molar-refractivity contribution in [2.45, 2.75) is 0 Å². The molecule has 2 N–H and O–H groups in total. The van der Waals surface area contributed by atoms with E-state index in [1.807, 2.05) is 17.5 Å². The third-order valence-electron chi connectivity index (χ3n) is 2.97. The normalized spacial score (nSPS) is 10.8. The molecule has 0 unspecified atom stereocenters. The fraction of sp³-hybridized carbons (Fsp3) is 0.0667. The van der Waals surface area contributed by atoms with Crippen molar-refractivity contribution in [3.8, 4) is 17.0 Å². The smallest absolute Gasteiger partial charge is 0.279 e. The van der Waals surface area contributed by atoms with E-state index in [4.69, 9.17) is 4.74 Å². The topological polar surface area (TPSA) is 92.3 Å². The zero-order chi connectivity index (χ0) is 16.1. The molecule has 0 bridgehead atoms. The molecule has 0 amide bonds. The number of benzene rings is 1. The lowest BCUT2D eigenvalue weighted by Crippen LogP contribution is -2.15. The van der Waals surface area contributed by atoms with Crippen molar-refractivity contribution >= 4 is 23.5 Å². The van der Waals surface area contributed by atoms with Gasteiger partial charge in [0.05, 0.1) is 13.3 Å². The lowest BCUT2D eigenvalue weighted by atomic mass is 10.1. The van der Waals surface area contributed by atoms with Crippen molar-refractivity contribution in [2.75, 3.05) is 12.5 Å². The van der Waals surface area contributed by atoms with Crippen molar-refractivity contribution in [3.05, 3.63) is 57.0 Å². The minimum absolute atomic E-state index is 0.181. The quantitative estimate of drug-likeness (QED) is 0.554. The Bertz CT molecular complexity index is 856. The highest BCUT2D eigenvalue weighted by Crippen LogP contribution is 2.17. The molecule has 2 heterocycles. The van der Waals surface area contributed by atoms with Gasteiger partial charge in [-0.3, -0.25) is 9.78 Å². The van der Waals surface area contributed by atoms with E-state index >= 15 is 0 Å². The summed E-state index contributed by atoms with van der Waals surface area (Å²) < 4.78 is 5.08. The van der Waals surface area contributed by atoms with Crippen molar-refractivity contribution < 1.29 is 4.74 Å². The Balaban J connectivity index is 1.76. The van der Waals surface area contributed by atoms with Crippen LogP contribution < -0.4 is 15.7 Å². The van der Waals surface area contributed by atoms with E-state index in [2.05, 4.69) is 25.7 Å². The molecule has 3 rings (SSSR count). The molecule has 0 aliphatic rings. The number of rotatable bonds is 5. The standard InChI is InChI=1S/C15H13N5O2S/c1-22-11-6-4-10(5-7-11)13-14(21)17-15(20-18-13)19-16-9-12-3-2-8-23-12/h2-9H,1H3,(H2,17,19,20,21)/b16-9+. The number of ether oxygens (including phenoxy) is 1. The van der Waals surface area contributed by atoms with E-state index in [0.717, 1.165) is 4.88 Å². The van der Waals surface area contributed by atoms with Crippen LogP contribution in [0.1, 0.15) is 4.88 Å². The first-order valence-electron chi connectivity index (χ1n) is 6.70. The lowest BCUT2D eigenvalue weighted by Gasteiger charge is -2.03. The fourth-order valence-electron chi connectivity index (χ4n) is 1.85. The Kier molecular flexibility index (Phi) is 4.44. The SMILES string of the molecule is COc1ccc(-c2nnc(N/N=C/c3cccs3)[nH]c2=O)cc1. The van der Waals surface area contributed by atoms with Gasteiger partial charge >= 0.3 is 0 Å². The molecule has 1 aromatic carbocycles. The molecule has 0 saturated heterocycles. The maximum Gasteiger partial charge on any atom is 0.279 e. The number of hydrogen-bond acceptors (Lipinski definition) is 7. The first-order valence-corrected chi connectivity index (χ1v) is 7.58. The van der Waals surface area contributed by atoms with E-state index in [0.29, 0.717) is 11.3 Å². The van der Waals surface area contributed by atoms with Crippen molar-refractivity contribution in [3.63, 3.8) is 0 Å². The van der Waals surface area contributed by atoms with Crippen LogP contribution >= 0.6 is 11.3 Å². The van der Waals surface area contributed by atoms with Crippen LogP contribution in [0.25, 0.3) is 11.3 Å². The molecule has 0 saturated carbocycles. The van der Waals surface area contributed by atoms with Gasteiger partial charge in [0.2, 0.25) is 5.95 Å². The Morgan fingerprint density at radius 1 is 1.26 bits per heavy atom. The highest BCUT2D eigenvalue weighted by atomic mass is 32.1. The Morgan fingerprint density at radius 2 is 2.09 bits per heavy atom. The second kappa shape index (κ2) is 6.84. The number of hydrogen-bond donors (Lipinski definition) is 2. The highest BCUT2D eigenvalue weighted by Gasteiger charge is 2.07. The monoisotopic (exact) mass is 327 g/mol. The molecule has 23 heavy (non-hydrogen) atoms. The maximum atomic E-state index is 12.1. The summed E-state index contributed by atoms with van der Waals surface area (Å²) in [6, 6.07) is 10.9. The molecule has 0 aliphatic carbocycles. The van der Waals surface area contributed by atoms with Crippen LogP contribution in [0, 0.1) is 0 Å². The van der Waals surface area contributed by atoms with Gasteiger partial charge in [0.1, 0.15) is 5.75 Å². The molecular formula is C15H13N5O2S. The van der Waals surface area contributed by atoms with E-state index in [9.17, 15) is 4.79 Å². The van der Waals surface area contributed by atoms with Gasteiger partial charge in [-0.15, -0.1) is 21.5 Å². The van der Waals surface area contributed by atoms with Crippen LogP contribution in [0.2, 0.25) is 0 Å². The van der Waals surface area contributed by atoms with Crippen LogP contribution in [-0.4, -0.2) is 28.5 Å². The van der Waals surface area contributed by atoms with E-state index < -0.39 is 0 Å². The molecule has 0 aliphatic heterocycles. The molecule has 8 heteroatoms. The third-order valence-corrected chi connectivity index (χ3v) is 3.77. The molecular weight excluding hydrogens is 314 g/mol. The van der Waals surface area contributed by atoms with E-state index in [1.165, 1.54) is 0 Å². The summed E-state index contributed by atoms with van der Waals surface area (Å²) in [7, 11) is 1.58. The van der Waals surface area contributed by atoms with E-state index in [-0.39, 0.29) is 17.2 Å². The summed E-state index contributed by atoms with van der Waals surface area (Å²) in [6.45, 7) is 0. The van der Waals surface area contributed by atoms with Gasteiger partial charge in [0.15, 0.2) is 5.69 Å². The zero-order valence-corrected chi connectivity index (χ0v) is 13.0. The number of nitrogens with zero attached hydrogens (tertiary/aromatic N) is 3. The summed E-state index contributed by atoms with van der Waals surface area (Å²) in [4.78, 5) is 15.7. The fourth-order valence-corrected chi connectivity index (χ4v) is 2.43. The Labute approximate surface area is 135 Å². The lowest BCUT2D eigenvalue weighted by molar-refractivity contribution is 0.415. The number of thiophene rings is 1. The van der Waals surface area contributed by atoms with Crippen LogP contribution in [0.3, 0.4) is 0 Å². The number of nitrogens with one attached hydrogen (secondary N) is 2. The number of anilines is 1. The first-order chi connectivity index (χ1) is 11.3. The molecule has 0 radical (unpaired) electrons. The van der Waals surface area contributed by atoms with Crippen molar-refractivity contribution in [2.24, 2.45) is 5.10 Å². The minimum atomic E-state index is -0.348. The molecule has 3 aromatic rings. The predicted octanol–water partition coefficient (Wildman–Crippen LogP) is 2.35. The summed E-state index contributed by atoms with van der Waals surface area (Å²) in [5.74, 6) is 0.888. The van der Waals surface area contributed by atoms with E-state index in [1.54, 1.807) is 48.9 Å². The molecule has 0 atom stereocenters. The molecule has 0 spiro atoms. The van der Waals surface area contributed by atoms with Crippen LogP contribution in [0.4, 0.5) is 5.95 Å². The van der Waals surface area contributed by atoms with Crippen molar-refractivity contribution in [1.29, 1.82) is 0 Å². The van der Waals surface area contributed by atoms with Crippen LogP contribution in [0.5, 0.6) is 5.75 Å². The minimum Gasteiger partial charge on any atom is -0.497 e. The first kappa shape index (κ1) is 14.9. The summed E-state index contributed by atoms with van der Waals surface area (Å²) in [5.41, 5.74) is 3.20. The van der Waals surface area contributed by atoms with Gasteiger partial charge in [-0.1, -0.05) is 6.07 Å². The number of aromatic amines is 1. The zero-order valence-electron chi connectivity index (χ0n) is 12.2. The maximum absolute atomic E-state index is 12.1. The van der Waals surface area contributed by atoms with Gasteiger partial charge in [0, 0.05) is 10.4 Å². The second-order valence-corrected chi connectivity index (χ2v) is 5.44. The Morgan fingerprint density at radius 3 is 2.74 bits per heavy atom. The summed E-state index contributed by atoms with van der Waals surface area (Å²) in [6.07, 6.45) is 1.64. The largest absolute Gasteiger partial charge is 0.497 e. The molecule has 7 nitrogen and oxygen atoms in total. The summed E-state index contributed by atoms with van der Waals surface area (Å²) in [5, 5.41) is 13.8. The molecule has 116 valence electrons. The van der Waals surface area contributed by atoms with Crippen LogP contribution in [0.15, 0.2) is 51.7 Å². The second-order valence-electron chi connectivity index (χ2n) is 4.47. The highest BCUT2D eigenvalue weighted by molar-refractivity contribution is 7.11. The third kappa shape index (κ3) is 3.61. The average Bonchev–Trinajstić information content (AvgIpc) is 3.09. The Hall–Kier alpha value is -3.00. The average molecular weight is 327 g/mol. The van der Waals surface area contributed by atoms with Gasteiger partial charge < -0.3 is 4.74 Å². The van der Waals surface area contributed by atoms with Gasteiger partial charge in [0.25, 0.3) is 5.56 Å². The van der Waals surface area contributed by atoms with Gasteiger partial charge in [-0.2, -0.15) is 5.10 Å². The van der Waals surface area contributed by atoms with Gasteiger partial charge in [-0.05, 0) is 35.7 Å². The number of methoxy groups -OCH3 is 1. The predicted molar refractivity (Wildman–Crippen MR) is 90.2 cm³/mol. The van der Waals surface area contributed by atoms with Crippen LogP contribution in [-0.2, 0) is 0 Å². The molecule has 2 aromatic heterocycles. The molecule has 0 fully saturated rings.